The van der Waals surface area contributed by atoms with E-state index in [9.17, 15) is 19.1 Å². The lowest BCUT2D eigenvalue weighted by molar-refractivity contribution is 0.0784. The first kappa shape index (κ1) is 31.9. The van der Waals surface area contributed by atoms with E-state index in [-0.39, 0.29) is 19.0 Å². The molecule has 0 aliphatic heterocycles. The highest BCUT2D eigenvalue weighted by Crippen LogP contribution is 2.16. The van der Waals surface area contributed by atoms with Crippen LogP contribution in [0.5, 0.6) is 0 Å². The fourth-order valence-corrected chi connectivity index (χ4v) is 5.43. The maximum Gasteiger partial charge on any atom is 0.253 e. The summed E-state index contributed by atoms with van der Waals surface area (Å²) in [4.78, 5) is 36.5. The molecule has 2 atom stereocenters. The number of hydrogen-bond donors (Lipinski definition) is 3. The Kier molecular flexibility index (Phi) is 11.5. The van der Waals surface area contributed by atoms with Gasteiger partial charge in [-0.05, 0) is 47.2 Å². The van der Waals surface area contributed by atoms with E-state index < -0.39 is 24.7 Å². The molecule has 2 heterocycles. The number of benzene rings is 2. The first-order valence-electron chi connectivity index (χ1n) is 14.3. The van der Waals surface area contributed by atoms with Gasteiger partial charge in [0, 0.05) is 49.0 Å². The quantitative estimate of drug-likeness (QED) is 0.189. The number of rotatable bonds is 14. The second-order valence-electron chi connectivity index (χ2n) is 10.9. The summed E-state index contributed by atoms with van der Waals surface area (Å²) >= 11 is 1.30. The number of carbonyl (C=O) groups is 2. The molecular weight excluding hydrogens is 565 g/mol. The summed E-state index contributed by atoms with van der Waals surface area (Å²) < 4.78 is 12.9. The first-order valence-corrected chi connectivity index (χ1v) is 15.1. The van der Waals surface area contributed by atoms with Gasteiger partial charge >= 0.3 is 0 Å². The molecule has 0 saturated heterocycles. The maximum atomic E-state index is 13.4. The Morgan fingerprint density at radius 2 is 1.79 bits per heavy atom. The molecule has 4 aromatic rings. The van der Waals surface area contributed by atoms with Gasteiger partial charge in [-0.2, -0.15) is 0 Å². The van der Waals surface area contributed by atoms with Crippen LogP contribution in [0, 0.1) is 0 Å². The van der Waals surface area contributed by atoms with Crippen molar-refractivity contribution in [3.63, 3.8) is 0 Å². The summed E-state index contributed by atoms with van der Waals surface area (Å²) in [7, 11) is 1.64. The fraction of sp³-hybridized carbons (Fsp3) is 0.333. The first-order chi connectivity index (χ1) is 20.7. The largest absolute Gasteiger partial charge is 0.390 e. The number of nitrogens with one attached hydrogen (secondary N) is 2. The Labute approximate surface area is 256 Å². The van der Waals surface area contributed by atoms with E-state index in [4.69, 9.17) is 0 Å². The molecule has 226 valence electrons. The number of amides is 2. The predicted octanol–water partition coefficient (Wildman–Crippen LogP) is 4.90. The average Bonchev–Trinajstić information content (AvgIpc) is 3.48. The second-order valence-corrected chi connectivity index (χ2v) is 11.8. The fourth-order valence-electron chi connectivity index (χ4n) is 4.60. The van der Waals surface area contributed by atoms with Crippen molar-refractivity contribution < 1.29 is 19.1 Å². The van der Waals surface area contributed by atoms with Gasteiger partial charge in [0.2, 0.25) is 0 Å². The van der Waals surface area contributed by atoms with Crippen LogP contribution in [0.15, 0.2) is 78.4 Å². The van der Waals surface area contributed by atoms with E-state index in [2.05, 4.69) is 40.5 Å². The van der Waals surface area contributed by atoms with E-state index in [1.165, 1.54) is 16.2 Å². The minimum absolute atomic E-state index is 0.232. The zero-order valence-electron chi connectivity index (χ0n) is 24.7. The van der Waals surface area contributed by atoms with E-state index in [0.29, 0.717) is 40.7 Å². The summed E-state index contributed by atoms with van der Waals surface area (Å²) in [5.74, 6) is -0.308. The molecule has 0 aliphatic carbocycles. The number of carbonyl (C=O) groups excluding carboxylic acids is 2. The third-order valence-electron chi connectivity index (χ3n) is 7.07. The van der Waals surface area contributed by atoms with Crippen molar-refractivity contribution in [2.75, 3.05) is 13.6 Å². The third kappa shape index (κ3) is 9.25. The van der Waals surface area contributed by atoms with Gasteiger partial charge in [-0.1, -0.05) is 56.3 Å². The van der Waals surface area contributed by atoms with Gasteiger partial charge in [0.05, 0.1) is 24.4 Å². The number of halogens is 1. The minimum Gasteiger partial charge on any atom is -0.390 e. The Bertz CT molecular complexity index is 1500. The molecule has 10 heteroatoms. The number of aliphatic hydroxyl groups is 1. The number of hydrogen-bond acceptors (Lipinski definition) is 7. The number of alkyl halides is 1. The number of nitrogens with zero attached hydrogens (tertiary/aromatic N) is 3. The molecule has 2 aromatic carbocycles. The van der Waals surface area contributed by atoms with Crippen LogP contribution in [0.1, 0.15) is 67.9 Å². The Hall–Kier alpha value is -3.99. The summed E-state index contributed by atoms with van der Waals surface area (Å²) in [5.41, 5.74) is 4.14. The van der Waals surface area contributed by atoms with Crippen molar-refractivity contribution in [1.82, 2.24) is 25.5 Å². The lowest BCUT2D eigenvalue weighted by Gasteiger charge is -2.25. The van der Waals surface area contributed by atoms with Gasteiger partial charge in [0.1, 0.15) is 11.7 Å². The molecular formula is C33H38FN5O3S. The topological polar surface area (TPSA) is 107 Å². The van der Waals surface area contributed by atoms with Gasteiger partial charge in [-0.25, -0.2) is 9.37 Å². The molecule has 8 nitrogen and oxygen atoms in total. The van der Waals surface area contributed by atoms with Crippen molar-refractivity contribution in [3.05, 3.63) is 117 Å². The van der Waals surface area contributed by atoms with Crippen LogP contribution in [-0.2, 0) is 26.2 Å². The van der Waals surface area contributed by atoms with Gasteiger partial charge in [0.15, 0.2) is 0 Å². The summed E-state index contributed by atoms with van der Waals surface area (Å²) in [6.07, 6.45) is 3.21. The normalized spacial score (nSPS) is 12.6. The summed E-state index contributed by atoms with van der Waals surface area (Å²) in [5, 5.41) is 19.7. The molecule has 0 bridgehead atoms. The maximum absolute atomic E-state index is 13.4. The number of pyridine rings is 1. The molecule has 4 rings (SSSR count). The Balaban J connectivity index is 1.42. The highest BCUT2D eigenvalue weighted by atomic mass is 32.1. The van der Waals surface area contributed by atoms with Crippen LogP contribution in [0.25, 0.3) is 0 Å². The molecule has 0 aliphatic rings. The average molecular weight is 604 g/mol. The van der Waals surface area contributed by atoms with E-state index in [0.717, 1.165) is 16.7 Å². The monoisotopic (exact) mass is 603 g/mol. The minimum atomic E-state index is -0.881. The van der Waals surface area contributed by atoms with E-state index in [1.807, 2.05) is 36.5 Å². The summed E-state index contributed by atoms with van der Waals surface area (Å²) in [6.45, 7) is 4.61. The predicted molar refractivity (Wildman–Crippen MR) is 167 cm³/mol. The number of thiazole rings is 1. The summed E-state index contributed by atoms with van der Waals surface area (Å²) in [6, 6.07) is 17.7. The molecule has 0 unspecified atom stereocenters. The van der Waals surface area contributed by atoms with Crippen LogP contribution in [-0.4, -0.2) is 57.5 Å². The molecule has 3 N–H and O–H groups in total. The van der Waals surface area contributed by atoms with E-state index >= 15 is 0 Å². The molecule has 0 radical (unpaired) electrons. The molecule has 43 heavy (non-hydrogen) atoms. The lowest BCUT2D eigenvalue weighted by Crippen LogP contribution is -2.48. The molecule has 0 spiro atoms. The smallest absolute Gasteiger partial charge is 0.253 e. The highest BCUT2D eigenvalue weighted by molar-refractivity contribution is 7.09. The van der Waals surface area contributed by atoms with Crippen molar-refractivity contribution in [1.29, 1.82) is 0 Å². The molecule has 0 saturated carbocycles. The van der Waals surface area contributed by atoms with Gasteiger partial charge in [-0.3, -0.25) is 14.6 Å². The Morgan fingerprint density at radius 1 is 1.02 bits per heavy atom. The molecule has 2 aromatic heterocycles. The van der Waals surface area contributed by atoms with E-state index in [1.54, 1.807) is 42.9 Å². The van der Waals surface area contributed by atoms with Crippen LogP contribution in [0.2, 0.25) is 0 Å². The molecule has 0 fully saturated rings. The van der Waals surface area contributed by atoms with Crippen molar-refractivity contribution >= 4 is 23.2 Å². The SMILES string of the molecule is CC(C)c1cncc(CNC[C@@H](O)[C@H](Cc2ccccc2)NC(=O)c2cccc(C(=O)N(C)Cc3nc(CF)cs3)c2)c1. The van der Waals surface area contributed by atoms with Crippen LogP contribution in [0.3, 0.4) is 0 Å². The van der Waals surface area contributed by atoms with Gasteiger partial charge in [0.25, 0.3) is 11.8 Å². The Morgan fingerprint density at radius 3 is 2.51 bits per heavy atom. The van der Waals surface area contributed by atoms with Crippen LogP contribution >= 0.6 is 11.3 Å². The van der Waals surface area contributed by atoms with Gasteiger partial charge < -0.3 is 20.6 Å². The standard InChI is InChI=1S/C33H38FN5O3S/c1-22(2)27-12-24(16-35-18-27)17-36-19-30(40)29(13-23-8-5-4-6-9-23)38-32(41)25-10-7-11-26(14-25)33(42)39(3)20-31-37-28(15-34)21-43-31/h4-12,14,16,18,21-22,29-30,36,40H,13,15,17,19-20H2,1-3H3,(H,38,41)/t29-,30+/m0/s1. The zero-order chi connectivity index (χ0) is 30.8. The highest BCUT2D eigenvalue weighted by Gasteiger charge is 2.23. The van der Waals surface area contributed by atoms with Gasteiger partial charge in [-0.15, -0.1) is 11.3 Å². The van der Waals surface area contributed by atoms with Crippen molar-refractivity contribution in [2.45, 2.75) is 58.1 Å². The zero-order valence-corrected chi connectivity index (χ0v) is 25.5. The van der Waals surface area contributed by atoms with Crippen molar-refractivity contribution in [2.24, 2.45) is 0 Å². The third-order valence-corrected chi connectivity index (χ3v) is 7.95. The molecule has 2 amide bonds. The number of aliphatic hydroxyl groups excluding tert-OH is 1. The number of aromatic nitrogens is 2. The van der Waals surface area contributed by atoms with Crippen LogP contribution in [0.4, 0.5) is 4.39 Å². The van der Waals surface area contributed by atoms with Crippen LogP contribution < -0.4 is 10.6 Å². The second kappa shape index (κ2) is 15.5. The lowest BCUT2D eigenvalue weighted by atomic mass is 10.00. The van der Waals surface area contributed by atoms with Crippen molar-refractivity contribution in [3.8, 4) is 0 Å².